The van der Waals surface area contributed by atoms with E-state index in [-0.39, 0.29) is 10.8 Å². The maximum Gasteiger partial charge on any atom is 0.243 e. The molecule has 0 aliphatic carbocycles. The van der Waals surface area contributed by atoms with Crippen LogP contribution in [0.1, 0.15) is 25.8 Å². The van der Waals surface area contributed by atoms with Crippen LogP contribution in [-0.4, -0.2) is 36.7 Å². The second-order valence-electron chi connectivity index (χ2n) is 6.52. The number of nitrogens with zero attached hydrogens (tertiary/aromatic N) is 1. The Morgan fingerprint density at radius 3 is 2.57 bits per heavy atom. The van der Waals surface area contributed by atoms with Crippen LogP contribution in [0.5, 0.6) is 0 Å². The number of hydrogen-bond donors (Lipinski definition) is 2. The zero-order valence-electron chi connectivity index (χ0n) is 16.1. The molecule has 0 atom stereocenters. The first-order valence-electron chi connectivity index (χ1n) is 9.40. The molecule has 3 aromatic rings. The van der Waals surface area contributed by atoms with Crippen LogP contribution >= 0.6 is 0 Å². The summed E-state index contributed by atoms with van der Waals surface area (Å²) in [5.41, 5.74) is 2.62. The summed E-state index contributed by atoms with van der Waals surface area (Å²) < 4.78 is 26.7. The van der Waals surface area contributed by atoms with Gasteiger partial charge in [0, 0.05) is 42.3 Å². The standard InChI is InChI=1S/C21H25N3O3S/c1-3-24(4-2)28(26,27)18-9-7-8-17(14-18)23-21(25)13-12-16-15-22-20-11-6-5-10-19(16)20/h5-11,14-15,22H,3-4,12-13H2,1-2H3,(H,23,25). The van der Waals surface area contributed by atoms with Crippen molar-refractivity contribution in [1.29, 1.82) is 0 Å². The van der Waals surface area contributed by atoms with E-state index >= 15 is 0 Å². The maximum atomic E-state index is 12.6. The number of aromatic amines is 1. The number of aryl methyl sites for hydroxylation is 1. The lowest BCUT2D eigenvalue weighted by molar-refractivity contribution is -0.116. The smallest absolute Gasteiger partial charge is 0.243 e. The van der Waals surface area contributed by atoms with E-state index in [1.807, 2.05) is 30.5 Å². The third kappa shape index (κ3) is 4.26. The number of rotatable bonds is 8. The molecule has 2 aromatic carbocycles. The summed E-state index contributed by atoms with van der Waals surface area (Å²) in [4.78, 5) is 15.8. The molecule has 0 spiro atoms. The van der Waals surface area contributed by atoms with Crippen molar-refractivity contribution in [2.24, 2.45) is 0 Å². The second kappa shape index (κ2) is 8.58. The van der Waals surface area contributed by atoms with Crippen molar-refractivity contribution < 1.29 is 13.2 Å². The Hall–Kier alpha value is -2.64. The minimum Gasteiger partial charge on any atom is -0.361 e. The van der Waals surface area contributed by atoms with E-state index in [0.717, 1.165) is 16.5 Å². The Labute approximate surface area is 165 Å². The molecule has 0 aliphatic rings. The number of fused-ring (bicyclic) bond motifs is 1. The van der Waals surface area contributed by atoms with Crippen molar-refractivity contribution in [2.45, 2.75) is 31.6 Å². The Bertz CT molecular complexity index is 1070. The van der Waals surface area contributed by atoms with E-state index in [9.17, 15) is 13.2 Å². The van der Waals surface area contributed by atoms with Gasteiger partial charge in [-0.25, -0.2) is 8.42 Å². The molecular weight excluding hydrogens is 374 g/mol. The average molecular weight is 400 g/mol. The number of anilines is 1. The van der Waals surface area contributed by atoms with Crippen molar-refractivity contribution in [3.63, 3.8) is 0 Å². The van der Waals surface area contributed by atoms with Crippen molar-refractivity contribution in [3.05, 3.63) is 60.3 Å². The van der Waals surface area contributed by atoms with E-state index in [0.29, 0.717) is 31.6 Å². The summed E-state index contributed by atoms with van der Waals surface area (Å²) in [6.07, 6.45) is 2.84. The first-order valence-corrected chi connectivity index (χ1v) is 10.8. The normalized spacial score (nSPS) is 11.8. The number of aromatic nitrogens is 1. The monoisotopic (exact) mass is 399 g/mol. The highest BCUT2D eigenvalue weighted by atomic mass is 32.2. The van der Waals surface area contributed by atoms with Gasteiger partial charge in [-0.15, -0.1) is 0 Å². The van der Waals surface area contributed by atoms with Gasteiger partial charge in [-0.05, 0) is 36.2 Å². The summed E-state index contributed by atoms with van der Waals surface area (Å²) in [7, 11) is -3.55. The second-order valence-corrected chi connectivity index (χ2v) is 8.46. The molecule has 0 saturated heterocycles. The van der Waals surface area contributed by atoms with Gasteiger partial charge in [0.1, 0.15) is 0 Å². The number of hydrogen-bond acceptors (Lipinski definition) is 3. The van der Waals surface area contributed by atoms with Gasteiger partial charge in [0.05, 0.1) is 4.90 Å². The molecule has 0 radical (unpaired) electrons. The lowest BCUT2D eigenvalue weighted by Gasteiger charge is -2.18. The molecule has 0 fully saturated rings. The summed E-state index contributed by atoms with van der Waals surface area (Å²) in [6.45, 7) is 4.41. The van der Waals surface area contributed by atoms with Crippen LogP contribution in [0.2, 0.25) is 0 Å². The van der Waals surface area contributed by atoms with Gasteiger partial charge in [-0.2, -0.15) is 4.31 Å². The first kappa shape index (κ1) is 20.1. The summed E-state index contributed by atoms with van der Waals surface area (Å²) in [5, 5.41) is 3.92. The number of nitrogens with one attached hydrogen (secondary N) is 2. The van der Waals surface area contributed by atoms with Crippen molar-refractivity contribution in [2.75, 3.05) is 18.4 Å². The molecule has 0 aliphatic heterocycles. The van der Waals surface area contributed by atoms with Gasteiger partial charge in [-0.3, -0.25) is 4.79 Å². The van der Waals surface area contributed by atoms with E-state index < -0.39 is 10.0 Å². The molecule has 1 heterocycles. The van der Waals surface area contributed by atoms with Crippen LogP contribution in [-0.2, 0) is 21.2 Å². The highest BCUT2D eigenvalue weighted by Gasteiger charge is 2.21. The van der Waals surface area contributed by atoms with E-state index in [1.54, 1.807) is 32.0 Å². The predicted molar refractivity (Wildman–Crippen MR) is 112 cm³/mol. The van der Waals surface area contributed by atoms with Crippen LogP contribution in [0.4, 0.5) is 5.69 Å². The number of carbonyl (C=O) groups excluding carboxylic acids is 1. The molecule has 6 nitrogen and oxygen atoms in total. The fourth-order valence-electron chi connectivity index (χ4n) is 3.26. The van der Waals surface area contributed by atoms with E-state index in [4.69, 9.17) is 0 Å². The number of carbonyl (C=O) groups is 1. The molecule has 1 amide bonds. The van der Waals surface area contributed by atoms with Gasteiger partial charge in [0.15, 0.2) is 0 Å². The quantitative estimate of drug-likeness (QED) is 0.605. The van der Waals surface area contributed by atoms with Crippen LogP contribution in [0.3, 0.4) is 0 Å². The molecule has 28 heavy (non-hydrogen) atoms. The number of sulfonamides is 1. The van der Waals surface area contributed by atoms with Gasteiger partial charge in [-0.1, -0.05) is 38.1 Å². The van der Waals surface area contributed by atoms with Gasteiger partial charge in [0.2, 0.25) is 15.9 Å². The Kier molecular flexibility index (Phi) is 6.16. The fourth-order valence-corrected chi connectivity index (χ4v) is 4.76. The Morgan fingerprint density at radius 1 is 1.07 bits per heavy atom. The summed E-state index contributed by atoms with van der Waals surface area (Å²) in [6, 6.07) is 14.4. The zero-order chi connectivity index (χ0) is 20.1. The van der Waals surface area contributed by atoms with E-state index in [1.165, 1.54) is 10.4 Å². The number of H-pyrrole nitrogens is 1. The van der Waals surface area contributed by atoms with Crippen molar-refractivity contribution in [3.8, 4) is 0 Å². The Morgan fingerprint density at radius 2 is 1.82 bits per heavy atom. The van der Waals surface area contributed by atoms with Gasteiger partial charge < -0.3 is 10.3 Å². The van der Waals surface area contributed by atoms with Crippen LogP contribution in [0.25, 0.3) is 10.9 Å². The topological polar surface area (TPSA) is 82.3 Å². The first-order chi connectivity index (χ1) is 13.5. The summed E-state index contributed by atoms with van der Waals surface area (Å²) in [5.74, 6) is -0.150. The average Bonchev–Trinajstić information content (AvgIpc) is 3.10. The molecule has 148 valence electrons. The zero-order valence-corrected chi connectivity index (χ0v) is 16.9. The highest BCUT2D eigenvalue weighted by Crippen LogP contribution is 2.21. The van der Waals surface area contributed by atoms with E-state index in [2.05, 4.69) is 10.3 Å². The number of para-hydroxylation sites is 1. The fraction of sp³-hybridized carbons (Fsp3) is 0.286. The predicted octanol–water partition coefficient (Wildman–Crippen LogP) is 3.77. The van der Waals surface area contributed by atoms with Gasteiger partial charge in [0.25, 0.3) is 0 Å². The van der Waals surface area contributed by atoms with Gasteiger partial charge >= 0.3 is 0 Å². The molecule has 7 heteroatoms. The Balaban J connectivity index is 1.67. The molecule has 0 saturated carbocycles. The highest BCUT2D eigenvalue weighted by molar-refractivity contribution is 7.89. The van der Waals surface area contributed by atoms with Crippen molar-refractivity contribution in [1.82, 2.24) is 9.29 Å². The van der Waals surface area contributed by atoms with Crippen molar-refractivity contribution >= 4 is 32.5 Å². The molecule has 0 unspecified atom stereocenters. The molecule has 2 N–H and O–H groups in total. The van der Waals surface area contributed by atoms with Crippen LogP contribution in [0.15, 0.2) is 59.6 Å². The van der Waals surface area contributed by atoms with Crippen LogP contribution in [0, 0.1) is 0 Å². The minimum absolute atomic E-state index is 0.150. The largest absolute Gasteiger partial charge is 0.361 e. The number of benzene rings is 2. The third-order valence-corrected chi connectivity index (χ3v) is 6.80. The lowest BCUT2D eigenvalue weighted by Crippen LogP contribution is -2.30. The summed E-state index contributed by atoms with van der Waals surface area (Å²) >= 11 is 0. The maximum absolute atomic E-state index is 12.6. The SMILES string of the molecule is CCN(CC)S(=O)(=O)c1cccc(NC(=O)CCc2c[nH]c3ccccc23)c1. The minimum atomic E-state index is -3.55. The van der Waals surface area contributed by atoms with Crippen LogP contribution < -0.4 is 5.32 Å². The third-order valence-electron chi connectivity index (χ3n) is 4.76. The molecule has 1 aromatic heterocycles. The molecular formula is C21H25N3O3S. The molecule has 0 bridgehead atoms. The lowest BCUT2D eigenvalue weighted by atomic mass is 10.1. The number of amides is 1. The molecule has 3 rings (SSSR count).